The number of benzene rings is 2. The Morgan fingerprint density at radius 2 is 1.79 bits per heavy atom. The molecular formula is C22H23N3O3. The number of nitrogens with one attached hydrogen (secondary N) is 2. The van der Waals surface area contributed by atoms with E-state index in [9.17, 15) is 4.79 Å². The van der Waals surface area contributed by atoms with Crippen molar-refractivity contribution in [2.45, 2.75) is 13.3 Å². The normalized spacial score (nSPS) is 10.2. The van der Waals surface area contributed by atoms with Gasteiger partial charge < -0.3 is 20.1 Å². The van der Waals surface area contributed by atoms with Crippen LogP contribution in [0.25, 0.3) is 0 Å². The van der Waals surface area contributed by atoms with Gasteiger partial charge in [-0.15, -0.1) is 0 Å². The molecule has 2 aromatic carbocycles. The fraction of sp³-hybridized carbons (Fsp3) is 0.182. The van der Waals surface area contributed by atoms with Gasteiger partial charge in [0.1, 0.15) is 17.3 Å². The summed E-state index contributed by atoms with van der Waals surface area (Å²) >= 11 is 0. The van der Waals surface area contributed by atoms with Crippen molar-refractivity contribution >= 4 is 23.1 Å². The number of hydrogen-bond donors (Lipinski definition) is 2. The van der Waals surface area contributed by atoms with Crippen LogP contribution in [0.2, 0.25) is 0 Å². The zero-order valence-electron chi connectivity index (χ0n) is 16.2. The Morgan fingerprint density at radius 1 is 1.00 bits per heavy atom. The minimum Gasteiger partial charge on any atom is -0.497 e. The molecular weight excluding hydrogens is 354 g/mol. The molecule has 1 heterocycles. The number of rotatable bonds is 7. The smallest absolute Gasteiger partial charge is 0.255 e. The Morgan fingerprint density at radius 3 is 2.46 bits per heavy atom. The van der Waals surface area contributed by atoms with Crippen LogP contribution in [0, 0.1) is 0 Å². The van der Waals surface area contributed by atoms with E-state index in [0.717, 1.165) is 12.1 Å². The zero-order chi connectivity index (χ0) is 19.9. The summed E-state index contributed by atoms with van der Waals surface area (Å²) in [4.78, 5) is 17.0. The van der Waals surface area contributed by atoms with Crippen molar-refractivity contribution in [2.75, 3.05) is 24.9 Å². The predicted octanol–water partition coefficient (Wildman–Crippen LogP) is 4.66. The van der Waals surface area contributed by atoms with Gasteiger partial charge in [-0.05, 0) is 48.4 Å². The van der Waals surface area contributed by atoms with Crippen molar-refractivity contribution in [1.29, 1.82) is 0 Å². The molecule has 0 saturated carbocycles. The van der Waals surface area contributed by atoms with E-state index in [1.807, 2.05) is 12.1 Å². The summed E-state index contributed by atoms with van der Waals surface area (Å²) in [6, 6.07) is 16.7. The summed E-state index contributed by atoms with van der Waals surface area (Å²) in [7, 11) is 3.12. The highest BCUT2D eigenvalue weighted by atomic mass is 16.5. The van der Waals surface area contributed by atoms with Crippen LogP contribution in [-0.4, -0.2) is 25.1 Å². The van der Waals surface area contributed by atoms with E-state index in [0.29, 0.717) is 28.6 Å². The lowest BCUT2D eigenvalue weighted by molar-refractivity contribution is 0.102. The molecule has 3 aromatic rings. The molecule has 6 nitrogen and oxygen atoms in total. The van der Waals surface area contributed by atoms with Crippen LogP contribution in [0.1, 0.15) is 22.8 Å². The van der Waals surface area contributed by atoms with E-state index in [4.69, 9.17) is 9.47 Å². The molecule has 1 aromatic heterocycles. The first kappa shape index (κ1) is 19.2. The first-order chi connectivity index (χ1) is 13.6. The van der Waals surface area contributed by atoms with Gasteiger partial charge in [0.15, 0.2) is 0 Å². The lowest BCUT2D eigenvalue weighted by Gasteiger charge is -2.12. The van der Waals surface area contributed by atoms with E-state index in [1.165, 1.54) is 5.56 Å². The first-order valence-electron chi connectivity index (χ1n) is 8.98. The number of carbonyl (C=O) groups excluding carboxylic acids is 1. The maximum absolute atomic E-state index is 12.7. The summed E-state index contributed by atoms with van der Waals surface area (Å²) in [6.45, 7) is 2.11. The number of aromatic nitrogens is 1. The third-order valence-corrected chi connectivity index (χ3v) is 4.31. The highest BCUT2D eigenvalue weighted by Gasteiger charge is 2.12. The number of carbonyl (C=O) groups is 1. The van der Waals surface area contributed by atoms with Crippen molar-refractivity contribution < 1.29 is 14.3 Å². The molecule has 0 aliphatic carbocycles. The van der Waals surface area contributed by atoms with Gasteiger partial charge >= 0.3 is 0 Å². The number of methoxy groups -OCH3 is 2. The number of amides is 1. The van der Waals surface area contributed by atoms with Crippen molar-refractivity contribution in [3.05, 3.63) is 71.9 Å². The van der Waals surface area contributed by atoms with Crippen molar-refractivity contribution in [3.63, 3.8) is 0 Å². The number of nitrogens with zero attached hydrogens (tertiary/aromatic N) is 1. The van der Waals surface area contributed by atoms with E-state index in [-0.39, 0.29) is 5.91 Å². The first-order valence-corrected chi connectivity index (χ1v) is 8.98. The molecule has 0 bridgehead atoms. The molecule has 0 radical (unpaired) electrons. The van der Waals surface area contributed by atoms with Crippen molar-refractivity contribution in [2.24, 2.45) is 0 Å². The molecule has 144 valence electrons. The lowest BCUT2D eigenvalue weighted by atomic mass is 10.1. The molecule has 0 aliphatic heterocycles. The number of hydrogen-bond acceptors (Lipinski definition) is 5. The highest BCUT2D eigenvalue weighted by Crippen LogP contribution is 2.29. The number of aryl methyl sites for hydroxylation is 1. The van der Waals surface area contributed by atoms with Gasteiger partial charge in [-0.1, -0.05) is 19.1 Å². The van der Waals surface area contributed by atoms with Gasteiger partial charge in [-0.2, -0.15) is 0 Å². The Bertz CT molecular complexity index is 955. The number of anilines is 3. The topological polar surface area (TPSA) is 72.5 Å². The average molecular weight is 377 g/mol. The third kappa shape index (κ3) is 4.59. The average Bonchev–Trinajstić information content (AvgIpc) is 2.74. The molecule has 6 heteroatoms. The molecule has 0 saturated heterocycles. The fourth-order valence-electron chi connectivity index (χ4n) is 2.72. The molecule has 1 amide bonds. The maximum Gasteiger partial charge on any atom is 0.255 e. The molecule has 2 N–H and O–H groups in total. The monoisotopic (exact) mass is 377 g/mol. The van der Waals surface area contributed by atoms with Crippen LogP contribution in [-0.2, 0) is 6.42 Å². The lowest BCUT2D eigenvalue weighted by Crippen LogP contribution is -2.13. The third-order valence-electron chi connectivity index (χ3n) is 4.31. The predicted molar refractivity (Wildman–Crippen MR) is 111 cm³/mol. The van der Waals surface area contributed by atoms with Gasteiger partial charge in [-0.25, -0.2) is 4.98 Å². The van der Waals surface area contributed by atoms with Gasteiger partial charge in [0, 0.05) is 23.5 Å². The summed E-state index contributed by atoms with van der Waals surface area (Å²) in [5.74, 6) is 1.51. The van der Waals surface area contributed by atoms with Crippen LogP contribution in [0.3, 0.4) is 0 Å². The summed E-state index contributed by atoms with van der Waals surface area (Å²) in [5.41, 5.74) is 3.19. The fourth-order valence-corrected chi connectivity index (χ4v) is 2.72. The Labute approximate surface area is 164 Å². The Balaban J connectivity index is 1.76. The minimum absolute atomic E-state index is 0.265. The number of ether oxygens (including phenoxy) is 2. The molecule has 0 aliphatic rings. The van der Waals surface area contributed by atoms with E-state index in [1.54, 1.807) is 50.7 Å². The van der Waals surface area contributed by atoms with E-state index >= 15 is 0 Å². The largest absolute Gasteiger partial charge is 0.497 e. The molecule has 0 spiro atoms. The molecule has 0 atom stereocenters. The second kappa shape index (κ2) is 8.90. The van der Waals surface area contributed by atoms with Gasteiger partial charge in [0.2, 0.25) is 0 Å². The zero-order valence-corrected chi connectivity index (χ0v) is 16.2. The van der Waals surface area contributed by atoms with Gasteiger partial charge in [-0.3, -0.25) is 4.79 Å². The maximum atomic E-state index is 12.7. The second-order valence-corrected chi connectivity index (χ2v) is 6.13. The van der Waals surface area contributed by atoms with E-state index < -0.39 is 0 Å². The van der Waals surface area contributed by atoms with Crippen LogP contribution >= 0.6 is 0 Å². The van der Waals surface area contributed by atoms with Crippen LogP contribution < -0.4 is 20.1 Å². The molecule has 0 fully saturated rings. The van der Waals surface area contributed by atoms with Gasteiger partial charge in [0.05, 0.1) is 19.9 Å². The Hall–Kier alpha value is -3.54. The van der Waals surface area contributed by atoms with Crippen LogP contribution in [0.5, 0.6) is 11.5 Å². The Kier molecular flexibility index (Phi) is 6.11. The van der Waals surface area contributed by atoms with Gasteiger partial charge in [0.25, 0.3) is 5.91 Å². The molecule has 28 heavy (non-hydrogen) atoms. The molecule has 0 unspecified atom stereocenters. The summed E-state index contributed by atoms with van der Waals surface area (Å²) < 4.78 is 10.5. The minimum atomic E-state index is -0.265. The second-order valence-electron chi connectivity index (χ2n) is 6.13. The summed E-state index contributed by atoms with van der Waals surface area (Å²) in [5, 5.41) is 6.08. The SMILES string of the molecule is CCc1ccc(Nc2cc(C(=O)Nc3cc(OC)ccc3OC)ccn2)cc1. The quantitative estimate of drug-likeness (QED) is 0.627. The standard InChI is InChI=1S/C22H23N3O3/c1-4-15-5-7-17(8-6-15)24-21-13-16(11-12-23-21)22(26)25-19-14-18(27-2)9-10-20(19)28-3/h5-14H,4H2,1-3H3,(H,23,24)(H,25,26). The molecule has 3 rings (SSSR count). The number of pyridine rings is 1. The van der Waals surface area contributed by atoms with Crippen molar-refractivity contribution in [3.8, 4) is 11.5 Å². The van der Waals surface area contributed by atoms with Crippen LogP contribution in [0.15, 0.2) is 60.8 Å². The summed E-state index contributed by atoms with van der Waals surface area (Å²) in [6.07, 6.45) is 2.59. The van der Waals surface area contributed by atoms with E-state index in [2.05, 4.69) is 34.7 Å². The van der Waals surface area contributed by atoms with Crippen molar-refractivity contribution in [1.82, 2.24) is 4.98 Å². The van der Waals surface area contributed by atoms with Crippen LogP contribution in [0.4, 0.5) is 17.2 Å². The highest BCUT2D eigenvalue weighted by molar-refractivity contribution is 6.05.